The number of esters is 1. The zero-order valence-electron chi connectivity index (χ0n) is 15.9. The Kier molecular flexibility index (Phi) is 6.72. The number of methoxy groups -OCH3 is 1. The first-order chi connectivity index (χ1) is 14.8. The Bertz CT molecular complexity index is 1270. The number of ether oxygens (including phenoxy) is 1. The van der Waals surface area contributed by atoms with Crippen molar-refractivity contribution < 1.29 is 39.9 Å². The van der Waals surface area contributed by atoms with Crippen LogP contribution < -0.4 is 0 Å². The zero-order valence-corrected chi connectivity index (χ0v) is 18.2. The summed E-state index contributed by atoms with van der Waals surface area (Å²) < 4.78 is 95.0. The molecule has 0 aliphatic heterocycles. The Labute approximate surface area is 185 Å². The Morgan fingerprint density at radius 3 is 2.53 bits per heavy atom. The first kappa shape index (κ1) is 24.3. The number of halogens is 6. The summed E-state index contributed by atoms with van der Waals surface area (Å²) in [7, 11) is -3.03. The number of benzene rings is 1. The highest BCUT2D eigenvalue weighted by molar-refractivity contribution is 7.91. The molecule has 0 aliphatic carbocycles. The monoisotopic (exact) mass is 518 g/mol. The van der Waals surface area contributed by atoms with Gasteiger partial charge in [-0.15, -0.1) is 10.2 Å². The number of rotatable bonds is 7. The minimum Gasteiger partial charge on any atom is -0.469 e. The summed E-state index contributed by atoms with van der Waals surface area (Å²) in [6, 6.07) is 1.94. The van der Waals surface area contributed by atoms with Crippen molar-refractivity contribution in [2.45, 2.75) is 30.5 Å². The van der Waals surface area contributed by atoms with Gasteiger partial charge in [0, 0.05) is 5.39 Å². The number of carbonyl (C=O) groups excluding carboxylic acids is 1. The maximum Gasteiger partial charge on any atom is 0.408 e. The molecule has 0 aliphatic rings. The van der Waals surface area contributed by atoms with Crippen LogP contribution in [-0.2, 0) is 25.9 Å². The molecule has 0 amide bonds. The second-order valence-corrected chi connectivity index (χ2v) is 9.84. The van der Waals surface area contributed by atoms with Crippen LogP contribution in [-0.4, -0.2) is 53.4 Å². The highest BCUT2D eigenvalue weighted by atomic mass is 35.5. The Morgan fingerprint density at radius 2 is 1.97 bits per heavy atom. The predicted octanol–water partition coefficient (Wildman–Crippen LogP) is 4.04. The first-order valence-corrected chi connectivity index (χ1v) is 11.4. The number of nitrogens with zero attached hydrogens (tertiary/aromatic N) is 4. The third-order valence-electron chi connectivity index (χ3n) is 4.09. The highest BCUT2D eigenvalue weighted by Crippen LogP contribution is 2.38. The number of sulfone groups is 1. The van der Waals surface area contributed by atoms with Crippen LogP contribution >= 0.6 is 22.9 Å². The molecule has 0 unspecified atom stereocenters. The Hall–Kier alpha value is -2.39. The molecule has 2 heterocycles. The van der Waals surface area contributed by atoms with E-state index in [2.05, 4.69) is 20.0 Å². The van der Waals surface area contributed by atoms with Gasteiger partial charge in [0.2, 0.25) is 0 Å². The van der Waals surface area contributed by atoms with Crippen molar-refractivity contribution in [3.05, 3.63) is 22.2 Å². The molecule has 0 saturated heterocycles. The lowest BCUT2D eigenvalue weighted by atomic mass is 10.2. The van der Waals surface area contributed by atoms with E-state index in [4.69, 9.17) is 11.6 Å². The molecule has 174 valence electrons. The molecule has 0 spiro atoms. The van der Waals surface area contributed by atoms with Gasteiger partial charge in [-0.25, -0.2) is 17.2 Å². The lowest BCUT2D eigenvalue weighted by Crippen LogP contribution is -2.18. The fraction of sp³-hybridized carbons (Fsp3) is 0.375. The number of hydrogen-bond donors (Lipinski definition) is 0. The van der Waals surface area contributed by atoms with Gasteiger partial charge in [-0.2, -0.15) is 18.3 Å². The molecule has 2 aromatic heterocycles. The average molecular weight is 519 g/mol. The zero-order chi connectivity index (χ0) is 23.8. The largest absolute Gasteiger partial charge is 0.469 e. The molecule has 1 aromatic carbocycles. The van der Waals surface area contributed by atoms with Crippen molar-refractivity contribution in [2.75, 3.05) is 12.9 Å². The van der Waals surface area contributed by atoms with Crippen molar-refractivity contribution in [3.8, 4) is 10.7 Å². The quantitative estimate of drug-likeness (QED) is 0.343. The molecular weight excluding hydrogens is 507 g/mol. The van der Waals surface area contributed by atoms with Crippen LogP contribution in [0.25, 0.3) is 21.6 Å². The number of carbonyl (C=O) groups is 1. The first-order valence-electron chi connectivity index (χ1n) is 8.50. The minimum absolute atomic E-state index is 0.157. The van der Waals surface area contributed by atoms with Crippen LogP contribution in [0.1, 0.15) is 17.9 Å². The van der Waals surface area contributed by atoms with E-state index >= 15 is 0 Å². The third kappa shape index (κ3) is 5.15. The molecule has 3 aromatic rings. The lowest BCUT2D eigenvalue weighted by molar-refractivity contribution is -0.142. The fourth-order valence-electron chi connectivity index (χ4n) is 2.72. The molecule has 32 heavy (non-hydrogen) atoms. The Balaban J connectivity index is 2.20. The van der Waals surface area contributed by atoms with Crippen molar-refractivity contribution in [2.24, 2.45) is 0 Å². The summed E-state index contributed by atoms with van der Waals surface area (Å²) >= 11 is 6.51. The second-order valence-electron chi connectivity index (χ2n) is 6.31. The number of hydrogen-bond acceptors (Lipinski definition) is 8. The molecule has 0 fully saturated rings. The molecule has 3 rings (SSSR count). The third-order valence-corrected chi connectivity index (χ3v) is 7.01. The molecule has 16 heteroatoms. The van der Waals surface area contributed by atoms with E-state index in [9.17, 15) is 35.2 Å². The molecule has 0 saturated carbocycles. The number of alkyl halides is 5. The van der Waals surface area contributed by atoms with Crippen molar-refractivity contribution in [3.63, 3.8) is 0 Å². The van der Waals surface area contributed by atoms with Crippen molar-refractivity contribution in [1.82, 2.24) is 20.0 Å². The normalized spacial score (nSPS) is 12.6. The number of aromatic nitrogens is 4. The summed E-state index contributed by atoms with van der Waals surface area (Å²) in [6.45, 7) is -1.57. The highest BCUT2D eigenvalue weighted by Gasteiger charge is 2.32. The molecule has 0 N–H and O–H groups in total. The van der Waals surface area contributed by atoms with Gasteiger partial charge in [0.25, 0.3) is 6.43 Å². The van der Waals surface area contributed by atoms with Crippen LogP contribution in [0.5, 0.6) is 0 Å². The maximum absolute atomic E-state index is 13.0. The van der Waals surface area contributed by atoms with E-state index < -0.39 is 57.0 Å². The van der Waals surface area contributed by atoms with Crippen LogP contribution in [0.2, 0.25) is 5.02 Å². The maximum atomic E-state index is 13.0. The molecular formula is C16H12ClF5N4O4S2. The molecule has 8 nitrogen and oxygen atoms in total. The predicted molar refractivity (Wildman–Crippen MR) is 103 cm³/mol. The summed E-state index contributed by atoms with van der Waals surface area (Å²) in [4.78, 5) is 10.9. The van der Waals surface area contributed by atoms with Crippen molar-refractivity contribution >= 4 is 49.6 Å². The van der Waals surface area contributed by atoms with E-state index in [-0.39, 0.29) is 26.6 Å². The summed E-state index contributed by atoms with van der Waals surface area (Å²) in [6.07, 6.45) is -8.15. The van der Waals surface area contributed by atoms with Crippen LogP contribution in [0.3, 0.4) is 0 Å². The molecule has 0 bridgehead atoms. The van der Waals surface area contributed by atoms with Gasteiger partial charge < -0.3 is 4.74 Å². The fourth-order valence-corrected chi connectivity index (χ4v) is 5.06. The van der Waals surface area contributed by atoms with Gasteiger partial charge in [-0.1, -0.05) is 22.9 Å². The number of fused-ring (bicyclic) bond motifs is 1. The summed E-state index contributed by atoms with van der Waals surface area (Å²) in [5.74, 6) is -1.44. The molecule has 0 atom stereocenters. The van der Waals surface area contributed by atoms with Gasteiger partial charge >= 0.3 is 12.1 Å². The van der Waals surface area contributed by atoms with Crippen LogP contribution in [0, 0.1) is 0 Å². The summed E-state index contributed by atoms with van der Waals surface area (Å²) in [5.41, 5.74) is -0.555. The van der Waals surface area contributed by atoms with Gasteiger partial charge in [0.15, 0.2) is 19.9 Å². The lowest BCUT2D eigenvalue weighted by Gasteiger charge is -2.09. The molecule has 0 radical (unpaired) electrons. The van der Waals surface area contributed by atoms with E-state index in [0.29, 0.717) is 16.0 Å². The smallest absolute Gasteiger partial charge is 0.408 e. The second kappa shape index (κ2) is 8.86. The van der Waals surface area contributed by atoms with Gasteiger partial charge in [-0.05, 0) is 12.1 Å². The van der Waals surface area contributed by atoms with E-state index in [1.165, 1.54) is 0 Å². The summed E-state index contributed by atoms with van der Waals surface area (Å²) in [5, 5.41) is 9.15. The van der Waals surface area contributed by atoms with E-state index in [1.54, 1.807) is 0 Å². The minimum atomic E-state index is -4.71. The SMILES string of the molecule is COC(=O)CCS(=O)(=O)c1cc(Cl)c2c(c1)c(-c1nnc(C(F)F)s1)nn2CC(F)(F)F. The topological polar surface area (TPSA) is 104 Å². The standard InChI is InChI=1S/C16H12ClF5N4O4S2/c1-30-10(27)2-3-32(28,29)7-4-8-11(14-23-24-15(31-14)13(18)19)25-26(6-16(20,21)22)12(8)9(17)5-7/h4-5,13H,2-3,6H2,1H3. The van der Waals surface area contributed by atoms with Crippen molar-refractivity contribution in [1.29, 1.82) is 0 Å². The van der Waals surface area contributed by atoms with Gasteiger partial charge in [0.1, 0.15) is 12.2 Å². The van der Waals surface area contributed by atoms with Gasteiger partial charge in [-0.3, -0.25) is 9.48 Å². The van der Waals surface area contributed by atoms with Gasteiger partial charge in [0.05, 0.1) is 34.7 Å². The van der Waals surface area contributed by atoms with E-state index in [1.807, 2.05) is 0 Å². The average Bonchev–Trinajstić information content (AvgIpc) is 3.30. The van der Waals surface area contributed by atoms with E-state index in [0.717, 1.165) is 19.2 Å². The van der Waals surface area contributed by atoms with Crippen LogP contribution in [0.4, 0.5) is 22.0 Å². The Morgan fingerprint density at radius 1 is 1.28 bits per heavy atom. The van der Waals surface area contributed by atoms with Crippen LogP contribution in [0.15, 0.2) is 17.0 Å².